The van der Waals surface area contributed by atoms with Gasteiger partial charge in [-0.15, -0.1) is 0 Å². The molecule has 0 aliphatic heterocycles. The number of carbonyl (C=O) groups is 1. The van der Waals surface area contributed by atoms with E-state index in [0.29, 0.717) is 5.69 Å². The number of hydrogen-bond acceptors (Lipinski definition) is 3. The number of fused-ring (bicyclic) bond motifs is 2. The van der Waals surface area contributed by atoms with E-state index in [1.807, 2.05) is 54.0 Å². The van der Waals surface area contributed by atoms with Crippen molar-refractivity contribution in [2.24, 2.45) is 0 Å². The molecule has 0 saturated carbocycles. The summed E-state index contributed by atoms with van der Waals surface area (Å²) in [4.78, 5) is 24.2. The van der Waals surface area contributed by atoms with Crippen molar-refractivity contribution in [3.05, 3.63) is 55.1 Å². The summed E-state index contributed by atoms with van der Waals surface area (Å²) in [6.07, 6.45) is 3.32. The number of benzene rings is 2. The van der Waals surface area contributed by atoms with Crippen LogP contribution < -0.4 is 5.32 Å². The summed E-state index contributed by atoms with van der Waals surface area (Å²) in [6, 6.07) is 13.0. The molecule has 0 unspecified atom stereocenters. The second kappa shape index (κ2) is 5.24. The molecule has 2 N–H and O–H groups in total. The van der Waals surface area contributed by atoms with E-state index in [0.717, 1.165) is 22.1 Å². The number of aromatic amines is 1. The van der Waals surface area contributed by atoms with Crippen LogP contribution in [0.15, 0.2) is 55.1 Å². The Balaban J connectivity index is 1.65. The highest BCUT2D eigenvalue weighted by molar-refractivity contribution is 6.01. The highest BCUT2D eigenvalue weighted by Crippen LogP contribution is 2.22. The number of aromatic nitrogens is 4. The number of amides is 1. The molecule has 0 saturated heterocycles. The molecule has 0 fully saturated rings. The molecule has 0 radical (unpaired) electrons. The minimum Gasteiger partial charge on any atom is -0.345 e. The van der Waals surface area contributed by atoms with E-state index in [9.17, 15) is 4.79 Å². The van der Waals surface area contributed by atoms with Gasteiger partial charge in [-0.3, -0.25) is 4.79 Å². The first-order chi connectivity index (χ1) is 11.2. The maximum absolute atomic E-state index is 12.6. The van der Waals surface area contributed by atoms with Crippen molar-refractivity contribution in [1.82, 2.24) is 19.5 Å². The molecule has 6 heteroatoms. The number of nitrogens with one attached hydrogen (secondary N) is 2. The number of anilines is 1. The first-order valence-corrected chi connectivity index (χ1v) is 7.38. The van der Waals surface area contributed by atoms with E-state index >= 15 is 0 Å². The number of carbonyl (C=O) groups excluding carboxylic acids is 1. The van der Waals surface area contributed by atoms with Gasteiger partial charge in [0.2, 0.25) is 5.91 Å². The molecule has 2 aromatic heterocycles. The first-order valence-electron chi connectivity index (χ1n) is 7.38. The van der Waals surface area contributed by atoms with Crippen LogP contribution in [-0.2, 0) is 4.79 Å². The summed E-state index contributed by atoms with van der Waals surface area (Å²) in [5.74, 6) is -0.108. The molecular formula is C17H15N5O. The van der Waals surface area contributed by atoms with Crippen molar-refractivity contribution in [2.75, 3.05) is 5.32 Å². The third kappa shape index (κ3) is 2.24. The van der Waals surface area contributed by atoms with Gasteiger partial charge in [-0.1, -0.05) is 18.2 Å². The Hall–Kier alpha value is -3.15. The molecule has 4 rings (SSSR count). The summed E-state index contributed by atoms with van der Waals surface area (Å²) in [5, 5.41) is 2.95. The monoisotopic (exact) mass is 305 g/mol. The topological polar surface area (TPSA) is 75.6 Å². The Bertz CT molecular complexity index is 1000. The highest BCUT2D eigenvalue weighted by atomic mass is 16.2. The second-order valence-corrected chi connectivity index (χ2v) is 5.41. The van der Waals surface area contributed by atoms with Gasteiger partial charge in [0.1, 0.15) is 11.6 Å². The van der Waals surface area contributed by atoms with Gasteiger partial charge in [0, 0.05) is 0 Å². The van der Waals surface area contributed by atoms with Crippen molar-refractivity contribution in [1.29, 1.82) is 0 Å². The smallest absolute Gasteiger partial charge is 0.247 e. The van der Waals surface area contributed by atoms with Crippen LogP contribution in [0.2, 0.25) is 0 Å². The summed E-state index contributed by atoms with van der Waals surface area (Å²) in [5.41, 5.74) is 4.16. The lowest BCUT2D eigenvalue weighted by atomic mass is 10.2. The van der Waals surface area contributed by atoms with Crippen LogP contribution in [-0.4, -0.2) is 25.4 Å². The van der Waals surface area contributed by atoms with E-state index in [1.165, 1.54) is 0 Å². The standard InChI is InChI=1S/C17H15N5O/c1-11(22-10-20-12-5-2-3-8-15(12)22)17(23)21-14-7-4-6-13-16(14)19-9-18-13/h2-11H,1H3,(H,18,19)(H,21,23)/t11-/m1/s1. The van der Waals surface area contributed by atoms with Crippen molar-refractivity contribution in [2.45, 2.75) is 13.0 Å². The Morgan fingerprint density at radius 3 is 2.96 bits per heavy atom. The van der Waals surface area contributed by atoms with E-state index in [1.54, 1.807) is 12.7 Å². The van der Waals surface area contributed by atoms with Crippen molar-refractivity contribution in [3.8, 4) is 0 Å². The van der Waals surface area contributed by atoms with Crippen LogP contribution in [0.3, 0.4) is 0 Å². The Morgan fingerprint density at radius 2 is 2.04 bits per heavy atom. The van der Waals surface area contributed by atoms with E-state index in [4.69, 9.17) is 0 Å². The maximum atomic E-state index is 12.6. The Kier molecular flexibility index (Phi) is 3.08. The summed E-state index contributed by atoms with van der Waals surface area (Å²) >= 11 is 0. The zero-order chi connectivity index (χ0) is 15.8. The number of H-pyrrole nitrogens is 1. The summed E-state index contributed by atoms with van der Waals surface area (Å²) in [6.45, 7) is 1.86. The first kappa shape index (κ1) is 13.5. The molecule has 1 atom stereocenters. The fourth-order valence-corrected chi connectivity index (χ4v) is 2.72. The zero-order valence-electron chi connectivity index (χ0n) is 12.5. The minimum atomic E-state index is -0.378. The summed E-state index contributed by atoms with van der Waals surface area (Å²) in [7, 11) is 0. The van der Waals surface area contributed by atoms with Gasteiger partial charge >= 0.3 is 0 Å². The lowest BCUT2D eigenvalue weighted by Crippen LogP contribution is -2.23. The largest absolute Gasteiger partial charge is 0.345 e. The molecule has 2 heterocycles. The molecule has 0 aliphatic carbocycles. The van der Waals surface area contributed by atoms with Crippen molar-refractivity contribution in [3.63, 3.8) is 0 Å². The molecular weight excluding hydrogens is 290 g/mol. The fraction of sp³-hybridized carbons (Fsp3) is 0.118. The van der Waals surface area contributed by atoms with Gasteiger partial charge in [0.15, 0.2) is 0 Å². The average Bonchev–Trinajstić information content (AvgIpc) is 3.21. The predicted octanol–water partition coefficient (Wildman–Crippen LogP) is 3.11. The van der Waals surface area contributed by atoms with E-state index < -0.39 is 0 Å². The number of rotatable bonds is 3. The fourth-order valence-electron chi connectivity index (χ4n) is 2.72. The molecule has 23 heavy (non-hydrogen) atoms. The molecule has 1 amide bonds. The summed E-state index contributed by atoms with van der Waals surface area (Å²) < 4.78 is 1.87. The van der Waals surface area contributed by atoms with Crippen LogP contribution in [0, 0.1) is 0 Å². The van der Waals surface area contributed by atoms with Crippen molar-refractivity contribution < 1.29 is 4.79 Å². The third-order valence-corrected chi connectivity index (χ3v) is 3.99. The average molecular weight is 305 g/mol. The molecule has 0 aliphatic rings. The molecule has 0 spiro atoms. The molecule has 2 aromatic carbocycles. The van der Waals surface area contributed by atoms with Gasteiger partial charge in [0.05, 0.1) is 34.9 Å². The molecule has 6 nitrogen and oxygen atoms in total. The number of nitrogens with zero attached hydrogens (tertiary/aromatic N) is 3. The highest BCUT2D eigenvalue weighted by Gasteiger charge is 2.18. The predicted molar refractivity (Wildman–Crippen MR) is 89.2 cm³/mol. The molecule has 114 valence electrons. The van der Waals surface area contributed by atoms with E-state index in [2.05, 4.69) is 20.3 Å². The van der Waals surface area contributed by atoms with Gasteiger partial charge in [-0.25, -0.2) is 9.97 Å². The van der Waals surface area contributed by atoms with Crippen molar-refractivity contribution >= 4 is 33.7 Å². The second-order valence-electron chi connectivity index (χ2n) is 5.41. The Morgan fingerprint density at radius 1 is 1.17 bits per heavy atom. The van der Waals surface area contributed by atoms with Gasteiger partial charge < -0.3 is 14.9 Å². The van der Waals surface area contributed by atoms with Crippen LogP contribution in [0.1, 0.15) is 13.0 Å². The van der Waals surface area contributed by atoms with Gasteiger partial charge in [-0.05, 0) is 31.2 Å². The zero-order valence-corrected chi connectivity index (χ0v) is 12.5. The SMILES string of the molecule is C[C@H](C(=O)Nc1cccc2[nH]cnc12)n1cnc2ccccc21. The third-order valence-electron chi connectivity index (χ3n) is 3.99. The number of imidazole rings is 2. The van der Waals surface area contributed by atoms with E-state index in [-0.39, 0.29) is 11.9 Å². The van der Waals surface area contributed by atoms with Gasteiger partial charge in [0.25, 0.3) is 0 Å². The Labute approximate surface area is 132 Å². The van der Waals surface area contributed by atoms with Gasteiger partial charge in [-0.2, -0.15) is 0 Å². The number of para-hydroxylation sites is 3. The van der Waals surface area contributed by atoms with Crippen LogP contribution >= 0.6 is 0 Å². The van der Waals surface area contributed by atoms with Crippen LogP contribution in [0.4, 0.5) is 5.69 Å². The number of hydrogen-bond donors (Lipinski definition) is 2. The van der Waals surface area contributed by atoms with Crippen LogP contribution in [0.25, 0.3) is 22.1 Å². The maximum Gasteiger partial charge on any atom is 0.247 e. The normalized spacial score (nSPS) is 12.6. The minimum absolute atomic E-state index is 0.108. The lowest BCUT2D eigenvalue weighted by molar-refractivity contribution is -0.118. The molecule has 0 bridgehead atoms. The quantitative estimate of drug-likeness (QED) is 0.610. The van der Waals surface area contributed by atoms with Crippen LogP contribution in [0.5, 0.6) is 0 Å². The lowest BCUT2D eigenvalue weighted by Gasteiger charge is -2.14. The molecule has 4 aromatic rings.